The van der Waals surface area contributed by atoms with Crippen molar-refractivity contribution >= 4 is 23.4 Å². The van der Waals surface area contributed by atoms with Gasteiger partial charge in [0, 0.05) is 38.4 Å². The quantitative estimate of drug-likeness (QED) is 0.644. The summed E-state index contributed by atoms with van der Waals surface area (Å²) >= 11 is 0. The average Bonchev–Trinajstić information content (AvgIpc) is 3.22. The molecule has 2 aromatic carbocycles. The van der Waals surface area contributed by atoms with Gasteiger partial charge in [-0.05, 0) is 54.2 Å². The molecule has 0 spiro atoms. The highest BCUT2D eigenvalue weighted by atomic mass is 16.5. The fraction of sp³-hybridized carbons (Fsp3) is 0.481. The lowest BCUT2D eigenvalue weighted by Gasteiger charge is -2.36. The number of urea groups is 1. The van der Waals surface area contributed by atoms with E-state index in [1.807, 2.05) is 29.2 Å². The highest BCUT2D eigenvalue weighted by molar-refractivity contribution is 6.07. The number of anilines is 2. The van der Waals surface area contributed by atoms with E-state index in [4.69, 9.17) is 9.84 Å². The van der Waals surface area contributed by atoms with E-state index in [9.17, 15) is 9.59 Å². The summed E-state index contributed by atoms with van der Waals surface area (Å²) in [4.78, 5) is 30.2. The van der Waals surface area contributed by atoms with Gasteiger partial charge in [-0.25, -0.2) is 4.79 Å². The summed E-state index contributed by atoms with van der Waals surface area (Å²) in [5.74, 6) is 0.267. The minimum Gasteiger partial charge on any atom is -0.495 e. The number of carboxylic acids is 1. The fourth-order valence-electron chi connectivity index (χ4n) is 5.54. The van der Waals surface area contributed by atoms with Crippen LogP contribution in [-0.4, -0.2) is 55.3 Å². The van der Waals surface area contributed by atoms with Crippen LogP contribution in [0.15, 0.2) is 42.5 Å². The van der Waals surface area contributed by atoms with E-state index in [0.717, 1.165) is 16.9 Å². The molecule has 2 amide bonds. The van der Waals surface area contributed by atoms with Crippen molar-refractivity contribution in [1.29, 1.82) is 0 Å². The largest absolute Gasteiger partial charge is 0.495 e. The van der Waals surface area contributed by atoms with Crippen LogP contribution in [0, 0.1) is 5.92 Å². The summed E-state index contributed by atoms with van der Waals surface area (Å²) in [6, 6.07) is 14.4. The number of carbonyl (C=O) groups is 2. The molecule has 1 aliphatic carbocycles. The lowest BCUT2D eigenvalue weighted by Crippen LogP contribution is -2.49. The Morgan fingerprint density at radius 2 is 1.79 bits per heavy atom. The van der Waals surface area contributed by atoms with Gasteiger partial charge >= 0.3 is 12.0 Å². The third kappa shape index (κ3) is 4.49. The molecule has 34 heavy (non-hydrogen) atoms. The number of nitrogens with zero attached hydrogens (tertiary/aromatic N) is 3. The Morgan fingerprint density at radius 1 is 1.03 bits per heavy atom. The number of rotatable bonds is 7. The van der Waals surface area contributed by atoms with Crippen molar-refractivity contribution in [2.45, 2.75) is 44.6 Å². The molecule has 3 aliphatic rings. The number of benzene rings is 2. The van der Waals surface area contributed by atoms with Crippen molar-refractivity contribution < 1.29 is 19.4 Å². The van der Waals surface area contributed by atoms with Crippen molar-refractivity contribution in [2.75, 3.05) is 43.1 Å². The lowest BCUT2D eigenvalue weighted by atomic mass is 9.84. The Bertz CT molecular complexity index is 1060. The Morgan fingerprint density at radius 3 is 2.53 bits per heavy atom. The second-order valence-electron chi connectivity index (χ2n) is 9.75. The zero-order chi connectivity index (χ0) is 23.7. The monoisotopic (exact) mass is 463 g/mol. The van der Waals surface area contributed by atoms with Gasteiger partial charge in [-0.2, -0.15) is 0 Å². The van der Waals surface area contributed by atoms with Gasteiger partial charge < -0.3 is 9.84 Å². The summed E-state index contributed by atoms with van der Waals surface area (Å²) in [7, 11) is 1.62. The summed E-state index contributed by atoms with van der Waals surface area (Å²) in [5.41, 5.74) is 4.14. The van der Waals surface area contributed by atoms with Crippen LogP contribution in [0.5, 0.6) is 5.75 Å². The second kappa shape index (κ2) is 9.66. The van der Waals surface area contributed by atoms with E-state index in [-0.39, 0.29) is 11.9 Å². The van der Waals surface area contributed by atoms with Crippen molar-refractivity contribution in [2.24, 2.45) is 5.92 Å². The number of carboxylic acid groups (broad SMARTS) is 1. The van der Waals surface area contributed by atoms with Crippen LogP contribution >= 0.6 is 0 Å². The number of likely N-dealkylation sites (tertiary alicyclic amines) is 1. The molecule has 7 nitrogen and oxygen atoms in total. The van der Waals surface area contributed by atoms with Crippen LogP contribution in [0.4, 0.5) is 16.2 Å². The maximum Gasteiger partial charge on any atom is 0.329 e. The molecule has 5 rings (SSSR count). The molecule has 1 saturated carbocycles. The van der Waals surface area contributed by atoms with Crippen molar-refractivity contribution in [1.82, 2.24) is 4.90 Å². The molecular weight excluding hydrogens is 430 g/mol. The minimum absolute atomic E-state index is 0.0288. The number of ether oxygens (including phenoxy) is 1. The van der Waals surface area contributed by atoms with Gasteiger partial charge in [0.2, 0.25) is 0 Å². The molecule has 2 aliphatic heterocycles. The van der Waals surface area contributed by atoms with E-state index in [1.54, 1.807) is 12.0 Å². The highest BCUT2D eigenvalue weighted by Crippen LogP contribution is 2.37. The van der Waals surface area contributed by atoms with Gasteiger partial charge in [-0.15, -0.1) is 0 Å². The normalized spacial score (nSPS) is 20.0. The van der Waals surface area contributed by atoms with Crippen LogP contribution in [0.3, 0.4) is 0 Å². The van der Waals surface area contributed by atoms with E-state index in [0.29, 0.717) is 44.4 Å². The molecule has 0 atom stereocenters. The molecule has 180 valence electrons. The molecule has 7 heteroatoms. The first-order valence-electron chi connectivity index (χ1n) is 12.3. The number of amides is 2. The van der Waals surface area contributed by atoms with Crippen molar-refractivity contribution in [3.05, 3.63) is 53.6 Å². The number of hydrogen-bond donors (Lipinski definition) is 1. The van der Waals surface area contributed by atoms with Crippen LogP contribution in [0.1, 0.15) is 49.1 Å². The van der Waals surface area contributed by atoms with Gasteiger partial charge in [0.05, 0.1) is 18.7 Å². The molecule has 2 aromatic rings. The molecule has 0 radical (unpaired) electrons. The predicted molar refractivity (Wildman–Crippen MR) is 132 cm³/mol. The Kier molecular flexibility index (Phi) is 6.46. The molecule has 0 unspecified atom stereocenters. The summed E-state index contributed by atoms with van der Waals surface area (Å²) in [5, 5.41) is 9.08. The molecule has 2 heterocycles. The van der Waals surface area contributed by atoms with E-state index in [2.05, 4.69) is 23.1 Å². The first-order valence-corrected chi connectivity index (χ1v) is 12.3. The third-order valence-electron chi connectivity index (χ3n) is 7.52. The average molecular weight is 464 g/mol. The molecular formula is C27H33N3O4. The van der Waals surface area contributed by atoms with Crippen molar-refractivity contribution in [3.8, 4) is 5.75 Å². The van der Waals surface area contributed by atoms with Crippen LogP contribution in [0.2, 0.25) is 0 Å². The third-order valence-corrected chi connectivity index (χ3v) is 7.52. The fourth-order valence-corrected chi connectivity index (χ4v) is 5.54. The number of aliphatic carboxylic acids is 1. The first kappa shape index (κ1) is 22.7. The summed E-state index contributed by atoms with van der Waals surface area (Å²) in [6.45, 7) is 3.06. The molecule has 0 aromatic heterocycles. The Hall–Kier alpha value is -3.06. The van der Waals surface area contributed by atoms with Gasteiger partial charge in [0.15, 0.2) is 0 Å². The van der Waals surface area contributed by atoms with Gasteiger partial charge in [0.25, 0.3) is 0 Å². The number of methoxy groups -OCH3 is 1. The van der Waals surface area contributed by atoms with E-state index < -0.39 is 5.97 Å². The zero-order valence-corrected chi connectivity index (χ0v) is 19.8. The van der Waals surface area contributed by atoms with E-state index in [1.165, 1.54) is 37.7 Å². The second-order valence-corrected chi connectivity index (χ2v) is 9.75. The zero-order valence-electron chi connectivity index (χ0n) is 19.8. The van der Waals surface area contributed by atoms with Crippen LogP contribution < -0.4 is 14.5 Å². The molecule has 3 fully saturated rings. The number of hydrogen-bond acceptors (Lipinski definition) is 4. The summed E-state index contributed by atoms with van der Waals surface area (Å²) in [6.07, 6.45) is 6.39. The topological polar surface area (TPSA) is 73.3 Å². The Balaban J connectivity index is 1.29. The van der Waals surface area contributed by atoms with Gasteiger partial charge in [0.1, 0.15) is 5.75 Å². The minimum atomic E-state index is -0.731. The number of carbonyl (C=O) groups excluding carboxylic acids is 1. The van der Waals surface area contributed by atoms with Gasteiger partial charge in [-0.3, -0.25) is 19.5 Å². The predicted octanol–water partition coefficient (Wildman–Crippen LogP) is 4.71. The highest BCUT2D eigenvalue weighted by Gasteiger charge is 2.34. The standard InChI is InChI=1S/C27H33N3O4/c1-34-25-14-19(16-28-17-22(18-28)26(31)32)10-11-24(25)30-13-12-29(27(30)33)23-9-5-8-21(15-23)20-6-3-2-4-7-20/h5,8-11,14-15,20,22H,2-4,6-7,12-13,16-18H2,1H3,(H,31,32). The maximum atomic E-state index is 13.4. The van der Waals surface area contributed by atoms with Crippen molar-refractivity contribution in [3.63, 3.8) is 0 Å². The first-order chi connectivity index (χ1) is 16.5. The molecule has 2 saturated heterocycles. The lowest BCUT2D eigenvalue weighted by molar-refractivity contribution is -0.147. The SMILES string of the molecule is COc1cc(CN2CC(C(=O)O)C2)ccc1N1CCN(c2cccc(C3CCCCC3)c2)C1=O. The molecule has 0 bridgehead atoms. The smallest absolute Gasteiger partial charge is 0.329 e. The molecule has 1 N–H and O–H groups in total. The van der Waals surface area contributed by atoms with E-state index >= 15 is 0 Å². The van der Waals surface area contributed by atoms with Crippen LogP contribution in [0.25, 0.3) is 0 Å². The summed E-state index contributed by atoms with van der Waals surface area (Å²) < 4.78 is 5.65. The van der Waals surface area contributed by atoms with Crippen LogP contribution in [-0.2, 0) is 11.3 Å². The Labute approximate surface area is 200 Å². The maximum absolute atomic E-state index is 13.4. The van der Waals surface area contributed by atoms with Gasteiger partial charge in [-0.1, -0.05) is 37.5 Å².